The second-order valence-corrected chi connectivity index (χ2v) is 4.63. The van der Waals surface area contributed by atoms with Gasteiger partial charge in [-0.25, -0.2) is 0 Å². The van der Waals surface area contributed by atoms with Crippen LogP contribution in [0.4, 0.5) is 0 Å². The summed E-state index contributed by atoms with van der Waals surface area (Å²) in [6.07, 6.45) is 3.27. The van der Waals surface area contributed by atoms with Crippen LogP contribution in [0.5, 0.6) is 0 Å². The van der Waals surface area contributed by atoms with Gasteiger partial charge >= 0.3 is 0 Å². The fraction of sp³-hybridized carbons (Fsp3) is 0.909. The van der Waals surface area contributed by atoms with Crippen LogP contribution in [-0.2, 0) is 4.79 Å². The zero-order chi connectivity index (χ0) is 10.7. The molecule has 2 saturated heterocycles. The molecule has 2 aliphatic heterocycles. The summed E-state index contributed by atoms with van der Waals surface area (Å²) in [4.78, 5) is 16.4. The van der Waals surface area contributed by atoms with Crippen molar-refractivity contribution in [3.8, 4) is 0 Å². The topological polar surface area (TPSA) is 35.6 Å². The van der Waals surface area contributed by atoms with Crippen molar-refractivity contribution in [2.75, 3.05) is 39.8 Å². The van der Waals surface area contributed by atoms with E-state index in [0.29, 0.717) is 5.91 Å². The molecule has 2 rings (SSSR count). The molecule has 4 nitrogen and oxygen atoms in total. The number of nitrogens with zero attached hydrogens (tertiary/aromatic N) is 2. The average Bonchev–Trinajstić information content (AvgIpc) is 2.67. The normalized spacial score (nSPS) is 29.1. The first-order valence-electron chi connectivity index (χ1n) is 5.98. The van der Waals surface area contributed by atoms with Crippen LogP contribution in [0.3, 0.4) is 0 Å². The van der Waals surface area contributed by atoms with Crippen LogP contribution in [0, 0.1) is 0 Å². The second-order valence-electron chi connectivity index (χ2n) is 4.63. The third kappa shape index (κ3) is 2.69. The molecule has 2 fully saturated rings. The smallest absolute Gasteiger partial charge is 0.239 e. The molecular formula is C11H21N3O. The maximum absolute atomic E-state index is 12.1. The van der Waals surface area contributed by atoms with Gasteiger partial charge in [0.1, 0.15) is 0 Å². The van der Waals surface area contributed by atoms with Gasteiger partial charge in [0.05, 0.1) is 6.04 Å². The van der Waals surface area contributed by atoms with Gasteiger partial charge in [0, 0.05) is 19.6 Å². The van der Waals surface area contributed by atoms with Gasteiger partial charge in [-0.3, -0.25) is 4.79 Å². The summed E-state index contributed by atoms with van der Waals surface area (Å²) in [7, 11) is 2.13. The summed E-state index contributed by atoms with van der Waals surface area (Å²) >= 11 is 0. The molecule has 0 bridgehead atoms. The number of likely N-dealkylation sites (N-methyl/N-ethyl adjacent to an activating group) is 1. The fourth-order valence-corrected chi connectivity index (χ4v) is 2.38. The van der Waals surface area contributed by atoms with Crippen LogP contribution < -0.4 is 5.32 Å². The molecule has 4 heteroatoms. The van der Waals surface area contributed by atoms with Gasteiger partial charge in [-0.1, -0.05) is 0 Å². The third-order valence-electron chi connectivity index (χ3n) is 3.39. The van der Waals surface area contributed by atoms with Gasteiger partial charge < -0.3 is 15.1 Å². The Morgan fingerprint density at radius 2 is 2.07 bits per heavy atom. The Balaban J connectivity index is 1.88. The van der Waals surface area contributed by atoms with Gasteiger partial charge in [0.15, 0.2) is 0 Å². The lowest BCUT2D eigenvalue weighted by Gasteiger charge is -2.23. The molecule has 2 aliphatic rings. The van der Waals surface area contributed by atoms with E-state index >= 15 is 0 Å². The number of hydrogen-bond donors (Lipinski definition) is 1. The lowest BCUT2D eigenvalue weighted by molar-refractivity contribution is -0.132. The highest BCUT2D eigenvalue weighted by molar-refractivity contribution is 5.82. The van der Waals surface area contributed by atoms with Crippen molar-refractivity contribution >= 4 is 5.91 Å². The van der Waals surface area contributed by atoms with E-state index in [1.54, 1.807) is 0 Å². The van der Waals surface area contributed by atoms with Crippen molar-refractivity contribution in [2.45, 2.75) is 25.3 Å². The second kappa shape index (κ2) is 4.94. The molecular weight excluding hydrogens is 190 g/mol. The first-order valence-corrected chi connectivity index (χ1v) is 5.98. The van der Waals surface area contributed by atoms with E-state index in [1.807, 2.05) is 4.90 Å². The predicted molar refractivity (Wildman–Crippen MR) is 59.7 cm³/mol. The van der Waals surface area contributed by atoms with Crippen molar-refractivity contribution in [2.24, 2.45) is 0 Å². The predicted octanol–water partition coefficient (Wildman–Crippen LogP) is -0.0975. The Labute approximate surface area is 91.6 Å². The maximum atomic E-state index is 12.1. The Morgan fingerprint density at radius 3 is 2.80 bits per heavy atom. The highest BCUT2D eigenvalue weighted by Crippen LogP contribution is 2.10. The molecule has 0 aromatic heterocycles. The molecule has 1 atom stereocenters. The van der Waals surface area contributed by atoms with Crippen molar-refractivity contribution in [3.05, 3.63) is 0 Å². The summed E-state index contributed by atoms with van der Waals surface area (Å²) in [5, 5.41) is 3.28. The van der Waals surface area contributed by atoms with Gasteiger partial charge in [0.2, 0.25) is 5.91 Å². The summed E-state index contributed by atoms with van der Waals surface area (Å²) in [5.41, 5.74) is 0. The molecule has 0 aromatic rings. The SMILES string of the molecule is CN1CCCN(C(=O)C2CCCN2)CC1. The van der Waals surface area contributed by atoms with Gasteiger partial charge in [-0.15, -0.1) is 0 Å². The molecule has 0 aliphatic carbocycles. The Kier molecular flexibility index (Phi) is 3.59. The van der Waals surface area contributed by atoms with Gasteiger partial charge in [-0.05, 0) is 39.4 Å². The zero-order valence-corrected chi connectivity index (χ0v) is 9.54. The van der Waals surface area contributed by atoms with Crippen LogP contribution in [-0.4, -0.2) is 61.5 Å². The lowest BCUT2D eigenvalue weighted by Crippen LogP contribution is -2.44. The highest BCUT2D eigenvalue weighted by atomic mass is 16.2. The number of hydrogen-bond acceptors (Lipinski definition) is 3. The van der Waals surface area contributed by atoms with Crippen LogP contribution in [0.25, 0.3) is 0 Å². The first kappa shape index (κ1) is 10.9. The molecule has 1 amide bonds. The number of carbonyl (C=O) groups is 1. The van der Waals surface area contributed by atoms with E-state index < -0.39 is 0 Å². The van der Waals surface area contributed by atoms with E-state index in [9.17, 15) is 4.79 Å². The van der Waals surface area contributed by atoms with Crippen molar-refractivity contribution in [3.63, 3.8) is 0 Å². The standard InChI is InChI=1S/C11H21N3O/c1-13-6-3-7-14(9-8-13)11(15)10-4-2-5-12-10/h10,12H,2-9H2,1H3. The monoisotopic (exact) mass is 211 g/mol. The summed E-state index contributed by atoms with van der Waals surface area (Å²) < 4.78 is 0. The quantitative estimate of drug-likeness (QED) is 0.658. The molecule has 86 valence electrons. The molecule has 1 unspecified atom stereocenters. The largest absolute Gasteiger partial charge is 0.340 e. The average molecular weight is 211 g/mol. The number of rotatable bonds is 1. The van der Waals surface area contributed by atoms with Crippen molar-refractivity contribution in [1.29, 1.82) is 0 Å². The minimum absolute atomic E-state index is 0.105. The van der Waals surface area contributed by atoms with E-state index in [-0.39, 0.29) is 6.04 Å². The number of amides is 1. The van der Waals surface area contributed by atoms with E-state index in [2.05, 4.69) is 17.3 Å². The van der Waals surface area contributed by atoms with Gasteiger partial charge in [-0.2, -0.15) is 0 Å². The zero-order valence-electron chi connectivity index (χ0n) is 9.54. The number of carbonyl (C=O) groups excluding carboxylic acids is 1. The van der Waals surface area contributed by atoms with E-state index in [0.717, 1.165) is 52.0 Å². The van der Waals surface area contributed by atoms with Crippen LogP contribution in [0.1, 0.15) is 19.3 Å². The van der Waals surface area contributed by atoms with E-state index in [4.69, 9.17) is 0 Å². The highest BCUT2D eigenvalue weighted by Gasteiger charge is 2.27. The molecule has 0 radical (unpaired) electrons. The van der Waals surface area contributed by atoms with Crippen LogP contribution in [0.2, 0.25) is 0 Å². The molecule has 0 aromatic carbocycles. The minimum atomic E-state index is 0.105. The summed E-state index contributed by atoms with van der Waals surface area (Å²) in [6.45, 7) is 4.96. The Bertz CT molecular complexity index is 226. The lowest BCUT2D eigenvalue weighted by atomic mass is 10.2. The molecule has 0 spiro atoms. The minimum Gasteiger partial charge on any atom is -0.340 e. The third-order valence-corrected chi connectivity index (χ3v) is 3.39. The molecule has 1 N–H and O–H groups in total. The van der Waals surface area contributed by atoms with Crippen molar-refractivity contribution < 1.29 is 4.79 Å². The summed E-state index contributed by atoms with van der Waals surface area (Å²) in [5.74, 6) is 0.322. The molecule has 2 heterocycles. The van der Waals surface area contributed by atoms with Crippen molar-refractivity contribution in [1.82, 2.24) is 15.1 Å². The van der Waals surface area contributed by atoms with Crippen LogP contribution >= 0.6 is 0 Å². The fourth-order valence-electron chi connectivity index (χ4n) is 2.38. The Hall–Kier alpha value is -0.610. The molecule has 0 saturated carbocycles. The van der Waals surface area contributed by atoms with E-state index in [1.165, 1.54) is 0 Å². The van der Waals surface area contributed by atoms with Gasteiger partial charge in [0.25, 0.3) is 0 Å². The first-order chi connectivity index (χ1) is 7.27. The Morgan fingerprint density at radius 1 is 1.20 bits per heavy atom. The summed E-state index contributed by atoms with van der Waals surface area (Å²) in [6, 6.07) is 0.105. The van der Waals surface area contributed by atoms with Crippen LogP contribution in [0.15, 0.2) is 0 Å². The maximum Gasteiger partial charge on any atom is 0.239 e. The molecule has 15 heavy (non-hydrogen) atoms. The number of nitrogens with one attached hydrogen (secondary N) is 1.